The Morgan fingerprint density at radius 1 is 1.08 bits per heavy atom. The van der Waals surface area contributed by atoms with Crippen LogP contribution >= 0.6 is 12.2 Å². The van der Waals surface area contributed by atoms with Gasteiger partial charge in [0.05, 0.1) is 5.69 Å². The number of aromatic nitrogens is 1. The molecule has 3 rings (SSSR count). The molecule has 5 heteroatoms. The van der Waals surface area contributed by atoms with Crippen LogP contribution in [0.1, 0.15) is 31.0 Å². The summed E-state index contributed by atoms with van der Waals surface area (Å²) < 4.78 is 0. The Morgan fingerprint density at radius 3 is 2.50 bits per heavy atom. The van der Waals surface area contributed by atoms with Crippen LogP contribution in [0.15, 0.2) is 48.7 Å². The lowest BCUT2D eigenvalue weighted by Gasteiger charge is -2.36. The lowest BCUT2D eigenvalue weighted by atomic mass is 10.1. The molecule has 0 atom stereocenters. The fourth-order valence-electron chi connectivity index (χ4n) is 3.17. The monoisotopic (exact) mass is 368 g/mol. The van der Waals surface area contributed by atoms with Crippen LogP contribution in [0.2, 0.25) is 0 Å². The number of thiocarbonyl (C=S) groups is 1. The van der Waals surface area contributed by atoms with E-state index in [1.165, 1.54) is 18.4 Å². The molecular formula is C21H28N4S. The Kier molecular flexibility index (Phi) is 6.97. The number of rotatable bonds is 6. The fourth-order valence-corrected chi connectivity index (χ4v) is 3.47. The first kappa shape index (κ1) is 18.8. The van der Waals surface area contributed by atoms with Crippen LogP contribution < -0.4 is 5.32 Å². The number of hydrogen-bond donors (Lipinski definition) is 1. The zero-order chi connectivity index (χ0) is 18.2. The predicted molar refractivity (Wildman–Crippen MR) is 112 cm³/mol. The van der Waals surface area contributed by atoms with Crippen molar-refractivity contribution in [3.63, 3.8) is 0 Å². The van der Waals surface area contributed by atoms with Gasteiger partial charge in [-0.25, -0.2) is 0 Å². The molecule has 0 spiro atoms. The van der Waals surface area contributed by atoms with E-state index in [-0.39, 0.29) is 0 Å². The average Bonchev–Trinajstić information content (AvgIpc) is 2.69. The lowest BCUT2D eigenvalue weighted by molar-refractivity contribution is 0.175. The molecule has 0 amide bonds. The normalized spacial score (nSPS) is 15.0. The second kappa shape index (κ2) is 9.64. The summed E-state index contributed by atoms with van der Waals surface area (Å²) in [6, 6.07) is 14.8. The summed E-state index contributed by atoms with van der Waals surface area (Å²) >= 11 is 5.61. The number of hydrogen-bond acceptors (Lipinski definition) is 3. The third-order valence-corrected chi connectivity index (χ3v) is 5.16. The van der Waals surface area contributed by atoms with Gasteiger partial charge in [0.2, 0.25) is 0 Å². The molecule has 1 saturated heterocycles. The van der Waals surface area contributed by atoms with E-state index in [9.17, 15) is 0 Å². The summed E-state index contributed by atoms with van der Waals surface area (Å²) in [5, 5.41) is 4.21. The maximum atomic E-state index is 5.61. The van der Waals surface area contributed by atoms with Gasteiger partial charge in [0.15, 0.2) is 5.11 Å². The van der Waals surface area contributed by atoms with Crippen molar-refractivity contribution < 1.29 is 0 Å². The summed E-state index contributed by atoms with van der Waals surface area (Å²) in [5.41, 5.74) is 3.60. The molecule has 0 unspecified atom stereocenters. The van der Waals surface area contributed by atoms with Gasteiger partial charge in [0, 0.05) is 44.6 Å². The summed E-state index contributed by atoms with van der Waals surface area (Å²) in [6.45, 7) is 7.06. The Balaban J connectivity index is 1.44. The van der Waals surface area contributed by atoms with Crippen LogP contribution in [-0.4, -0.2) is 46.1 Å². The van der Waals surface area contributed by atoms with Crippen molar-refractivity contribution >= 4 is 23.0 Å². The number of pyridine rings is 1. The van der Waals surface area contributed by atoms with E-state index in [4.69, 9.17) is 12.2 Å². The van der Waals surface area contributed by atoms with Crippen LogP contribution in [0.5, 0.6) is 0 Å². The molecule has 1 aromatic heterocycles. The topological polar surface area (TPSA) is 31.4 Å². The van der Waals surface area contributed by atoms with Crippen LogP contribution in [0.4, 0.5) is 5.69 Å². The smallest absolute Gasteiger partial charge is 0.173 e. The van der Waals surface area contributed by atoms with Crippen molar-refractivity contribution in [2.45, 2.75) is 32.7 Å². The zero-order valence-electron chi connectivity index (χ0n) is 15.5. The molecule has 2 heterocycles. The van der Waals surface area contributed by atoms with Gasteiger partial charge in [-0.3, -0.25) is 9.88 Å². The molecule has 4 nitrogen and oxygen atoms in total. The van der Waals surface area contributed by atoms with Crippen molar-refractivity contribution in [2.75, 3.05) is 31.5 Å². The van der Waals surface area contributed by atoms with Gasteiger partial charge in [-0.1, -0.05) is 31.5 Å². The zero-order valence-corrected chi connectivity index (χ0v) is 16.3. The molecule has 1 fully saturated rings. The number of unbranched alkanes of at least 4 members (excludes halogenated alkanes) is 1. The molecule has 138 valence electrons. The van der Waals surface area contributed by atoms with Gasteiger partial charge >= 0.3 is 0 Å². The molecule has 1 N–H and O–H groups in total. The number of nitrogens with zero attached hydrogens (tertiary/aromatic N) is 3. The quantitative estimate of drug-likeness (QED) is 0.781. The Hall–Kier alpha value is -1.98. The minimum Gasteiger partial charge on any atom is -0.346 e. The van der Waals surface area contributed by atoms with Crippen LogP contribution in [0.25, 0.3) is 0 Å². The molecule has 1 aromatic carbocycles. The van der Waals surface area contributed by atoms with Crippen molar-refractivity contribution in [3.8, 4) is 0 Å². The Bertz CT molecular complexity index is 679. The Labute approximate surface area is 162 Å². The molecule has 0 aliphatic carbocycles. The second-order valence-corrected chi connectivity index (χ2v) is 7.20. The summed E-state index contributed by atoms with van der Waals surface area (Å²) in [5.74, 6) is 0. The molecule has 1 aliphatic rings. The number of piperazine rings is 1. The number of anilines is 1. The SMILES string of the molecule is CCCCc1ccc(NC(=S)N2CCN(Cc3ccccn3)CC2)cc1. The maximum absolute atomic E-state index is 5.61. The largest absolute Gasteiger partial charge is 0.346 e. The highest BCUT2D eigenvalue weighted by atomic mass is 32.1. The van der Waals surface area contributed by atoms with E-state index in [2.05, 4.69) is 57.4 Å². The van der Waals surface area contributed by atoms with E-state index in [1.54, 1.807) is 0 Å². The number of nitrogens with one attached hydrogen (secondary N) is 1. The van der Waals surface area contributed by atoms with Crippen LogP contribution in [0, 0.1) is 0 Å². The molecule has 0 radical (unpaired) electrons. The first-order valence-corrected chi connectivity index (χ1v) is 9.92. The first-order valence-electron chi connectivity index (χ1n) is 9.51. The Morgan fingerprint density at radius 2 is 1.85 bits per heavy atom. The molecule has 0 saturated carbocycles. The molecule has 26 heavy (non-hydrogen) atoms. The van der Waals surface area contributed by atoms with Gasteiger partial charge in [-0.15, -0.1) is 0 Å². The number of benzene rings is 1. The van der Waals surface area contributed by atoms with Gasteiger partial charge < -0.3 is 10.2 Å². The van der Waals surface area contributed by atoms with E-state index in [0.717, 1.165) is 55.6 Å². The highest BCUT2D eigenvalue weighted by Crippen LogP contribution is 2.14. The van der Waals surface area contributed by atoms with Gasteiger partial charge in [0.25, 0.3) is 0 Å². The van der Waals surface area contributed by atoms with Crippen molar-refractivity contribution in [3.05, 3.63) is 59.9 Å². The van der Waals surface area contributed by atoms with E-state index in [1.807, 2.05) is 18.3 Å². The summed E-state index contributed by atoms with van der Waals surface area (Å²) in [4.78, 5) is 9.11. The van der Waals surface area contributed by atoms with Crippen molar-refractivity contribution in [2.24, 2.45) is 0 Å². The van der Waals surface area contributed by atoms with Crippen LogP contribution in [-0.2, 0) is 13.0 Å². The molecule has 0 bridgehead atoms. The fraction of sp³-hybridized carbons (Fsp3) is 0.429. The summed E-state index contributed by atoms with van der Waals surface area (Å²) in [7, 11) is 0. The van der Waals surface area contributed by atoms with Crippen LogP contribution in [0.3, 0.4) is 0 Å². The minimum absolute atomic E-state index is 0.823. The molecular weight excluding hydrogens is 340 g/mol. The molecule has 2 aromatic rings. The van der Waals surface area contributed by atoms with Crippen molar-refractivity contribution in [1.82, 2.24) is 14.8 Å². The summed E-state index contributed by atoms with van der Waals surface area (Å²) in [6.07, 6.45) is 5.49. The standard InChI is InChI=1S/C21H28N4S/c1-2-3-6-18-8-10-19(11-9-18)23-21(26)25-15-13-24(14-16-25)17-20-7-4-5-12-22-20/h4-5,7-12H,2-3,6,13-17H2,1H3,(H,23,26). The highest BCUT2D eigenvalue weighted by Gasteiger charge is 2.19. The van der Waals surface area contributed by atoms with E-state index < -0.39 is 0 Å². The third-order valence-electron chi connectivity index (χ3n) is 4.80. The lowest BCUT2D eigenvalue weighted by Crippen LogP contribution is -2.49. The van der Waals surface area contributed by atoms with Crippen molar-refractivity contribution in [1.29, 1.82) is 0 Å². The molecule has 1 aliphatic heterocycles. The van der Waals surface area contributed by atoms with E-state index in [0.29, 0.717) is 0 Å². The van der Waals surface area contributed by atoms with Gasteiger partial charge in [0.1, 0.15) is 0 Å². The number of aryl methyl sites for hydroxylation is 1. The average molecular weight is 369 g/mol. The van der Waals surface area contributed by atoms with E-state index >= 15 is 0 Å². The minimum atomic E-state index is 0.823. The van der Waals surface area contributed by atoms with Gasteiger partial charge in [-0.05, 0) is 54.9 Å². The first-order chi connectivity index (χ1) is 12.7. The second-order valence-electron chi connectivity index (χ2n) is 6.81. The third kappa shape index (κ3) is 5.51. The van der Waals surface area contributed by atoms with Gasteiger partial charge in [-0.2, -0.15) is 0 Å². The highest BCUT2D eigenvalue weighted by molar-refractivity contribution is 7.80. The predicted octanol–water partition coefficient (Wildman–Crippen LogP) is 3.94. The maximum Gasteiger partial charge on any atom is 0.173 e.